The van der Waals surface area contributed by atoms with Gasteiger partial charge < -0.3 is 0 Å². The van der Waals surface area contributed by atoms with E-state index < -0.39 is 4.92 Å². The largest absolute Gasteiger partial charge is 0.294 e. The van der Waals surface area contributed by atoms with Crippen molar-refractivity contribution >= 4 is 23.2 Å². The molecule has 86 valence electrons. The second-order valence-corrected chi connectivity index (χ2v) is 4.41. The fraction of sp³-hybridized carbons (Fsp3) is 0.364. The van der Waals surface area contributed by atoms with Crippen LogP contribution in [0.15, 0.2) is 18.2 Å². The number of rotatable bonds is 5. The molecule has 0 radical (unpaired) electrons. The van der Waals surface area contributed by atoms with Crippen molar-refractivity contribution in [2.45, 2.75) is 13.3 Å². The molecular formula is C11H13NO3S. The summed E-state index contributed by atoms with van der Waals surface area (Å²) in [6.07, 6.45) is 2.34. The van der Waals surface area contributed by atoms with Crippen molar-refractivity contribution in [3.05, 3.63) is 39.4 Å². The van der Waals surface area contributed by atoms with Crippen molar-refractivity contribution in [3.63, 3.8) is 0 Å². The Morgan fingerprint density at radius 3 is 2.75 bits per heavy atom. The molecule has 0 aliphatic heterocycles. The minimum atomic E-state index is -0.481. The molecule has 0 N–H and O–H groups in total. The number of Topliss-reactive ketones (excluding diaryl/α,β-unsaturated/α-hetero) is 1. The minimum absolute atomic E-state index is 0.0295. The van der Waals surface area contributed by atoms with E-state index in [0.29, 0.717) is 12.0 Å². The number of nitro groups is 1. The molecule has 16 heavy (non-hydrogen) atoms. The summed E-state index contributed by atoms with van der Waals surface area (Å²) in [7, 11) is 0. The van der Waals surface area contributed by atoms with Crippen LogP contribution in [-0.4, -0.2) is 22.7 Å². The van der Waals surface area contributed by atoms with Crippen LogP contribution in [0.5, 0.6) is 0 Å². The number of benzene rings is 1. The zero-order chi connectivity index (χ0) is 12.1. The van der Waals surface area contributed by atoms with Crippen LogP contribution in [0.25, 0.3) is 0 Å². The number of nitro benzene ring substituents is 1. The van der Waals surface area contributed by atoms with Crippen molar-refractivity contribution in [1.82, 2.24) is 0 Å². The maximum atomic E-state index is 11.8. The Hall–Kier alpha value is -1.36. The third kappa shape index (κ3) is 3.06. The number of aryl methyl sites for hydroxylation is 1. The first-order chi connectivity index (χ1) is 7.56. The third-order valence-electron chi connectivity index (χ3n) is 2.27. The molecule has 1 aromatic carbocycles. The normalized spacial score (nSPS) is 10.1. The number of thioether (sulfide) groups is 1. The van der Waals surface area contributed by atoms with Crippen molar-refractivity contribution in [1.29, 1.82) is 0 Å². The van der Waals surface area contributed by atoms with Crippen LogP contribution in [0.2, 0.25) is 0 Å². The Balaban J connectivity index is 2.97. The number of hydrogen-bond donors (Lipinski definition) is 0. The summed E-state index contributed by atoms with van der Waals surface area (Å²) < 4.78 is 0. The van der Waals surface area contributed by atoms with Crippen molar-refractivity contribution in [2.75, 3.05) is 12.0 Å². The summed E-state index contributed by atoms with van der Waals surface area (Å²) in [4.78, 5) is 21.9. The number of non-ortho nitro benzene ring substituents is 1. The van der Waals surface area contributed by atoms with Gasteiger partial charge in [0.1, 0.15) is 0 Å². The van der Waals surface area contributed by atoms with E-state index in [9.17, 15) is 14.9 Å². The van der Waals surface area contributed by atoms with Gasteiger partial charge in [-0.2, -0.15) is 11.8 Å². The van der Waals surface area contributed by atoms with Gasteiger partial charge in [-0.15, -0.1) is 0 Å². The molecule has 0 amide bonds. The second kappa shape index (κ2) is 5.65. The highest BCUT2D eigenvalue weighted by atomic mass is 32.2. The fourth-order valence-corrected chi connectivity index (χ4v) is 1.74. The maximum absolute atomic E-state index is 11.8. The quantitative estimate of drug-likeness (QED) is 0.450. The van der Waals surface area contributed by atoms with E-state index in [1.807, 2.05) is 6.26 Å². The number of nitrogens with zero attached hydrogens (tertiary/aromatic N) is 1. The molecule has 0 aromatic heterocycles. The average molecular weight is 239 g/mol. The molecule has 1 aromatic rings. The summed E-state index contributed by atoms with van der Waals surface area (Å²) in [5, 5.41) is 10.6. The lowest BCUT2D eigenvalue weighted by Gasteiger charge is -2.03. The minimum Gasteiger partial charge on any atom is -0.294 e. The highest BCUT2D eigenvalue weighted by Gasteiger charge is 2.13. The highest BCUT2D eigenvalue weighted by molar-refractivity contribution is 7.98. The SMILES string of the molecule is CSCCC(=O)c1cc([N+](=O)[O-])ccc1C. The molecule has 0 bridgehead atoms. The summed E-state index contributed by atoms with van der Waals surface area (Å²) in [6.45, 7) is 1.79. The Labute approximate surface area is 98.2 Å². The van der Waals surface area contributed by atoms with E-state index in [-0.39, 0.29) is 11.5 Å². The lowest BCUT2D eigenvalue weighted by atomic mass is 10.0. The van der Waals surface area contributed by atoms with E-state index in [1.165, 1.54) is 12.1 Å². The van der Waals surface area contributed by atoms with Crippen molar-refractivity contribution < 1.29 is 9.72 Å². The van der Waals surface area contributed by atoms with Crippen LogP contribution >= 0.6 is 11.8 Å². The first-order valence-electron chi connectivity index (χ1n) is 4.83. The molecule has 0 saturated carbocycles. The molecular weight excluding hydrogens is 226 g/mol. The van der Waals surface area contributed by atoms with Gasteiger partial charge in [0.05, 0.1) is 4.92 Å². The third-order valence-corrected chi connectivity index (χ3v) is 2.88. The molecule has 0 unspecified atom stereocenters. The summed E-state index contributed by atoms with van der Waals surface area (Å²) in [5.41, 5.74) is 1.22. The standard InChI is InChI=1S/C11H13NO3S/c1-8-3-4-9(12(14)15)7-10(8)11(13)5-6-16-2/h3-4,7H,5-6H2,1-2H3. The molecule has 0 heterocycles. The molecule has 0 aliphatic carbocycles. The molecule has 0 aliphatic rings. The van der Waals surface area contributed by atoms with Crippen LogP contribution in [-0.2, 0) is 0 Å². The maximum Gasteiger partial charge on any atom is 0.270 e. The fourth-order valence-electron chi connectivity index (χ4n) is 1.35. The lowest BCUT2D eigenvalue weighted by Crippen LogP contribution is -2.04. The van der Waals surface area contributed by atoms with Gasteiger partial charge in [-0.1, -0.05) is 6.07 Å². The van der Waals surface area contributed by atoms with Crippen LogP contribution in [0.1, 0.15) is 22.3 Å². The monoisotopic (exact) mass is 239 g/mol. The molecule has 5 heteroatoms. The Kier molecular flexibility index (Phi) is 4.49. The zero-order valence-electron chi connectivity index (χ0n) is 9.23. The number of carbonyl (C=O) groups excluding carboxylic acids is 1. The van der Waals surface area contributed by atoms with E-state index in [1.54, 1.807) is 24.8 Å². The molecule has 0 saturated heterocycles. The van der Waals surface area contributed by atoms with E-state index in [0.717, 1.165) is 11.3 Å². The van der Waals surface area contributed by atoms with Crippen molar-refractivity contribution in [3.8, 4) is 0 Å². The smallest absolute Gasteiger partial charge is 0.270 e. The lowest BCUT2D eigenvalue weighted by molar-refractivity contribution is -0.384. The Morgan fingerprint density at radius 1 is 1.50 bits per heavy atom. The van der Waals surface area contributed by atoms with Gasteiger partial charge in [-0.25, -0.2) is 0 Å². The van der Waals surface area contributed by atoms with E-state index in [4.69, 9.17) is 0 Å². The molecule has 0 spiro atoms. The number of hydrogen-bond acceptors (Lipinski definition) is 4. The number of carbonyl (C=O) groups is 1. The first-order valence-corrected chi connectivity index (χ1v) is 6.23. The average Bonchev–Trinajstić information content (AvgIpc) is 2.26. The molecule has 1 rings (SSSR count). The van der Waals surface area contributed by atoms with Crippen LogP contribution in [0.3, 0.4) is 0 Å². The van der Waals surface area contributed by atoms with E-state index >= 15 is 0 Å². The summed E-state index contributed by atoms with van der Waals surface area (Å²) in [6, 6.07) is 4.39. The molecule has 0 atom stereocenters. The van der Waals surface area contributed by atoms with Gasteiger partial charge in [0.2, 0.25) is 0 Å². The molecule has 4 nitrogen and oxygen atoms in total. The van der Waals surface area contributed by atoms with Gasteiger partial charge in [-0.05, 0) is 18.7 Å². The summed E-state index contributed by atoms with van der Waals surface area (Å²) in [5.74, 6) is 0.705. The van der Waals surface area contributed by atoms with Gasteiger partial charge in [0.15, 0.2) is 5.78 Å². The predicted octanol–water partition coefficient (Wildman–Crippen LogP) is 2.84. The predicted molar refractivity (Wildman–Crippen MR) is 65.2 cm³/mol. The van der Waals surface area contributed by atoms with Gasteiger partial charge in [0.25, 0.3) is 5.69 Å². The molecule has 0 fully saturated rings. The first kappa shape index (κ1) is 12.7. The topological polar surface area (TPSA) is 60.2 Å². The zero-order valence-corrected chi connectivity index (χ0v) is 10.0. The van der Waals surface area contributed by atoms with Crippen LogP contribution < -0.4 is 0 Å². The Bertz CT molecular complexity index is 418. The van der Waals surface area contributed by atoms with Crippen molar-refractivity contribution in [2.24, 2.45) is 0 Å². The number of ketones is 1. The highest BCUT2D eigenvalue weighted by Crippen LogP contribution is 2.19. The second-order valence-electron chi connectivity index (χ2n) is 3.42. The van der Waals surface area contributed by atoms with Gasteiger partial charge in [0, 0.05) is 29.9 Å². The van der Waals surface area contributed by atoms with Gasteiger partial charge in [-0.3, -0.25) is 14.9 Å². The Morgan fingerprint density at radius 2 is 2.19 bits per heavy atom. The van der Waals surface area contributed by atoms with Crippen LogP contribution in [0.4, 0.5) is 5.69 Å². The van der Waals surface area contributed by atoms with Crippen LogP contribution in [0, 0.1) is 17.0 Å². The van der Waals surface area contributed by atoms with Gasteiger partial charge >= 0.3 is 0 Å². The summed E-state index contributed by atoms with van der Waals surface area (Å²) >= 11 is 1.59. The van der Waals surface area contributed by atoms with E-state index in [2.05, 4.69) is 0 Å².